The molecule has 0 aliphatic carbocycles. The first kappa shape index (κ1) is 20.4. The molecule has 0 fully saturated rings. The molecule has 0 unspecified atom stereocenters. The van der Waals surface area contributed by atoms with Gasteiger partial charge in [0.15, 0.2) is 0 Å². The van der Waals surface area contributed by atoms with Crippen LogP contribution < -0.4 is 56.7 Å². The number of aliphatic hydroxyl groups excluding tert-OH is 1. The van der Waals surface area contributed by atoms with Gasteiger partial charge in [0.25, 0.3) is 0 Å². The second-order valence-corrected chi connectivity index (χ2v) is 5.67. The summed E-state index contributed by atoms with van der Waals surface area (Å²) in [6.07, 6.45) is 1.68. The Hall–Kier alpha value is 0.416. The van der Waals surface area contributed by atoms with Crippen molar-refractivity contribution in [1.29, 1.82) is 0 Å². The van der Waals surface area contributed by atoms with Crippen LogP contribution in [0.1, 0.15) is 23.2 Å². The predicted octanol–water partition coefficient (Wildman–Crippen LogP) is -3.38. The topological polar surface area (TPSA) is 123 Å². The molecule has 0 aliphatic heterocycles. The molecule has 0 bridgehead atoms. The van der Waals surface area contributed by atoms with E-state index >= 15 is 0 Å². The van der Waals surface area contributed by atoms with Gasteiger partial charge in [-0.15, -0.1) is 0 Å². The van der Waals surface area contributed by atoms with Gasteiger partial charge in [-0.1, -0.05) is 0 Å². The van der Waals surface area contributed by atoms with Crippen LogP contribution in [0.15, 0.2) is 6.20 Å². The number of aromatic hydroxyl groups is 1. The van der Waals surface area contributed by atoms with Gasteiger partial charge in [0.2, 0.25) is 0 Å². The first-order valence-electron chi connectivity index (χ1n) is 5.76. The van der Waals surface area contributed by atoms with Gasteiger partial charge in [-0.05, 0) is 19.9 Å². The van der Waals surface area contributed by atoms with Crippen LogP contribution in [0.25, 0.3) is 0 Å². The predicted molar refractivity (Wildman–Crippen MR) is 67.4 cm³/mol. The normalized spacial score (nSPS) is 11.2. The Bertz CT molecular complexity index is 536. The Morgan fingerprint density at radius 2 is 2.10 bits per heavy atom. The van der Waals surface area contributed by atoms with Gasteiger partial charge in [0, 0.05) is 29.6 Å². The number of hydrogen-bond donors (Lipinski definition) is 3. The summed E-state index contributed by atoms with van der Waals surface area (Å²) < 4.78 is 31.2. The van der Waals surface area contributed by atoms with Crippen LogP contribution in [-0.2, 0) is 23.3 Å². The molecule has 1 aromatic heterocycles. The van der Waals surface area contributed by atoms with Crippen molar-refractivity contribution in [2.24, 2.45) is 0 Å². The van der Waals surface area contributed by atoms with Crippen molar-refractivity contribution < 1.29 is 74.6 Å². The van der Waals surface area contributed by atoms with Gasteiger partial charge >= 0.3 is 51.4 Å². The summed E-state index contributed by atoms with van der Waals surface area (Å²) in [6.45, 7) is 1.99. The monoisotopic (exact) mass is 328 g/mol. The molecule has 0 radical (unpaired) electrons. The fourth-order valence-electron chi connectivity index (χ4n) is 1.61. The number of aromatic nitrogens is 1. The first-order chi connectivity index (χ1) is 8.85. The third-order valence-corrected chi connectivity index (χ3v) is 3.44. The quantitative estimate of drug-likeness (QED) is 0.271. The van der Waals surface area contributed by atoms with Gasteiger partial charge in [0.05, 0.1) is 22.4 Å². The van der Waals surface area contributed by atoms with E-state index in [2.05, 4.69) is 10.3 Å². The fourth-order valence-corrected chi connectivity index (χ4v) is 2.10. The fraction of sp³-hybridized carbons (Fsp3) is 0.545. The first-order valence-corrected chi connectivity index (χ1v) is 7.34. The van der Waals surface area contributed by atoms with Crippen molar-refractivity contribution in [1.82, 2.24) is 10.3 Å². The Morgan fingerprint density at radius 3 is 2.65 bits per heavy atom. The van der Waals surface area contributed by atoms with Gasteiger partial charge in [0.1, 0.15) is 5.75 Å². The average molecular weight is 328 g/mol. The summed E-state index contributed by atoms with van der Waals surface area (Å²) >= 11 is 0. The summed E-state index contributed by atoms with van der Waals surface area (Å²) in [7, 11) is -4.19. The summed E-state index contributed by atoms with van der Waals surface area (Å²) in [6, 6.07) is 0. The number of nitrogens with zero attached hydrogens (tertiary/aromatic N) is 1. The molecule has 3 N–H and O–H groups in total. The third kappa shape index (κ3) is 6.92. The van der Waals surface area contributed by atoms with Crippen molar-refractivity contribution in [2.45, 2.75) is 26.5 Å². The number of rotatable bonds is 7. The smallest absolute Gasteiger partial charge is 0.748 e. The molecule has 0 amide bonds. The molecular weight excluding hydrogens is 311 g/mol. The van der Waals surface area contributed by atoms with Gasteiger partial charge in [-0.25, -0.2) is 8.42 Å². The van der Waals surface area contributed by atoms with Crippen LogP contribution in [0.5, 0.6) is 5.75 Å². The zero-order valence-electron chi connectivity index (χ0n) is 11.6. The van der Waals surface area contributed by atoms with E-state index in [0.717, 1.165) is 0 Å². The van der Waals surface area contributed by atoms with E-state index in [9.17, 15) is 18.1 Å². The number of pyridine rings is 1. The molecule has 1 rings (SSSR count). The maximum atomic E-state index is 10.4. The van der Waals surface area contributed by atoms with E-state index in [1.807, 2.05) is 0 Å². The number of hydrogen-bond acceptors (Lipinski definition) is 7. The second kappa shape index (κ2) is 9.44. The van der Waals surface area contributed by atoms with E-state index in [1.165, 1.54) is 6.20 Å². The molecule has 1 aromatic rings. The molecule has 9 heteroatoms. The van der Waals surface area contributed by atoms with E-state index in [0.29, 0.717) is 23.4 Å². The van der Waals surface area contributed by atoms with Gasteiger partial charge in [-0.3, -0.25) is 4.98 Å². The van der Waals surface area contributed by atoms with Gasteiger partial charge in [-0.2, -0.15) is 0 Å². The Balaban J connectivity index is 0.00000361. The molecule has 0 saturated heterocycles. The summed E-state index contributed by atoms with van der Waals surface area (Å²) in [5.74, 6) is -0.413. The molecule has 20 heavy (non-hydrogen) atoms. The van der Waals surface area contributed by atoms with Crippen molar-refractivity contribution in [3.8, 4) is 5.75 Å². The van der Waals surface area contributed by atoms with Crippen molar-refractivity contribution in [3.63, 3.8) is 0 Å². The standard InChI is InChI=1S/C11H18N2O5S.K/c1-8-11(15)10(9(7-14)5-13-8)6-12-3-2-4-19(16,17)18;/h5,12,14-15H,2-4,6-7H2,1H3,(H,16,17,18);/q;+1/p-1. The van der Waals surface area contributed by atoms with Gasteiger partial charge < -0.3 is 20.1 Å². The summed E-state index contributed by atoms with van der Waals surface area (Å²) in [5.41, 5.74) is 1.49. The third-order valence-electron chi connectivity index (χ3n) is 2.65. The van der Waals surface area contributed by atoms with E-state index in [-0.39, 0.29) is 76.7 Å². The number of nitrogens with one attached hydrogen (secondary N) is 1. The van der Waals surface area contributed by atoms with Crippen LogP contribution in [-0.4, -0.2) is 40.5 Å². The molecular formula is C11H17KN2O5S. The minimum atomic E-state index is -4.19. The molecule has 0 aliphatic rings. The second-order valence-electron chi connectivity index (χ2n) is 4.15. The Labute approximate surface area is 161 Å². The minimum Gasteiger partial charge on any atom is -0.748 e. The van der Waals surface area contributed by atoms with Crippen molar-refractivity contribution in [2.75, 3.05) is 12.3 Å². The molecule has 7 nitrogen and oxygen atoms in total. The van der Waals surface area contributed by atoms with Crippen molar-refractivity contribution in [3.05, 3.63) is 23.0 Å². The van der Waals surface area contributed by atoms with Crippen LogP contribution in [0.4, 0.5) is 0 Å². The number of aryl methyl sites for hydroxylation is 1. The van der Waals surface area contributed by atoms with E-state index in [4.69, 9.17) is 5.11 Å². The molecule has 0 atom stereocenters. The largest absolute Gasteiger partial charge is 1.00 e. The average Bonchev–Trinajstić information content (AvgIpc) is 2.32. The molecule has 1 heterocycles. The maximum absolute atomic E-state index is 10.4. The molecule has 108 valence electrons. The number of aliphatic hydroxyl groups is 1. The van der Waals surface area contributed by atoms with Crippen LogP contribution in [0, 0.1) is 6.92 Å². The summed E-state index contributed by atoms with van der Waals surface area (Å²) in [4.78, 5) is 3.93. The Morgan fingerprint density at radius 1 is 1.45 bits per heavy atom. The van der Waals surface area contributed by atoms with Crippen molar-refractivity contribution >= 4 is 10.1 Å². The van der Waals surface area contributed by atoms with E-state index in [1.54, 1.807) is 6.92 Å². The maximum Gasteiger partial charge on any atom is 1.00 e. The minimum absolute atomic E-state index is 0. The van der Waals surface area contributed by atoms with Crippen LogP contribution in [0.3, 0.4) is 0 Å². The van der Waals surface area contributed by atoms with E-state index < -0.39 is 15.9 Å². The summed E-state index contributed by atoms with van der Waals surface area (Å²) in [5, 5.41) is 21.9. The molecule has 0 saturated carbocycles. The zero-order valence-corrected chi connectivity index (χ0v) is 15.5. The zero-order chi connectivity index (χ0) is 14.5. The Kier molecular flexibility index (Phi) is 9.63. The SMILES string of the molecule is Cc1ncc(CO)c(CNCCCS(=O)(=O)[O-])c1O.[K+]. The van der Waals surface area contributed by atoms with Crippen LogP contribution >= 0.6 is 0 Å². The van der Waals surface area contributed by atoms with Crippen LogP contribution in [0.2, 0.25) is 0 Å². The molecule has 0 aromatic carbocycles. The molecule has 0 spiro atoms.